The molecule has 2 N–H and O–H groups in total. The van der Waals surface area contributed by atoms with E-state index in [9.17, 15) is 9.18 Å². The number of amides is 1. The quantitative estimate of drug-likeness (QED) is 0.716. The fraction of sp³-hybridized carbons (Fsp3) is 0.300. The third-order valence-corrected chi connectivity index (χ3v) is 2.65. The lowest BCUT2D eigenvalue weighted by molar-refractivity contribution is -0.118. The van der Waals surface area contributed by atoms with Gasteiger partial charge in [0.05, 0.1) is 22.3 Å². The molecule has 5 heteroatoms. The molecule has 1 atom stereocenters. The average molecular weight is 229 g/mol. The van der Waals surface area contributed by atoms with Gasteiger partial charge in [-0.1, -0.05) is 18.5 Å². The Kier molecular flexibility index (Phi) is 2.52. The number of carbonyl (C=O) groups is 1. The number of carbonyl (C=O) groups excluding carboxylic acids is 1. The van der Waals surface area contributed by atoms with Crippen LogP contribution in [-0.4, -0.2) is 12.5 Å². The molecule has 0 radical (unpaired) electrons. The van der Waals surface area contributed by atoms with Gasteiger partial charge in [-0.3, -0.25) is 4.79 Å². The molecule has 0 saturated carbocycles. The van der Waals surface area contributed by atoms with Crippen LogP contribution in [0.15, 0.2) is 12.1 Å². The van der Waals surface area contributed by atoms with Crippen LogP contribution in [0.1, 0.15) is 6.92 Å². The zero-order valence-electron chi connectivity index (χ0n) is 8.10. The summed E-state index contributed by atoms with van der Waals surface area (Å²) >= 11 is 5.63. The van der Waals surface area contributed by atoms with Gasteiger partial charge in [-0.15, -0.1) is 0 Å². The Bertz CT molecular complexity index is 422. The first-order valence-corrected chi connectivity index (χ1v) is 4.99. The van der Waals surface area contributed by atoms with E-state index in [0.717, 1.165) is 0 Å². The first kappa shape index (κ1) is 10.2. The molecule has 15 heavy (non-hydrogen) atoms. The number of anilines is 2. The van der Waals surface area contributed by atoms with Gasteiger partial charge in [0.15, 0.2) is 0 Å². The highest BCUT2D eigenvalue weighted by Gasteiger charge is 2.20. The van der Waals surface area contributed by atoms with Crippen LogP contribution in [0.3, 0.4) is 0 Å². The lowest BCUT2D eigenvalue weighted by atomic mass is 10.2. The molecule has 1 aliphatic heterocycles. The van der Waals surface area contributed by atoms with E-state index in [-0.39, 0.29) is 16.8 Å². The maximum absolute atomic E-state index is 13.1. The minimum absolute atomic E-state index is 0.00500. The van der Waals surface area contributed by atoms with Crippen LogP contribution in [0, 0.1) is 11.7 Å². The zero-order valence-corrected chi connectivity index (χ0v) is 8.86. The van der Waals surface area contributed by atoms with Crippen molar-refractivity contribution in [3.8, 4) is 0 Å². The Hall–Kier alpha value is -1.29. The van der Waals surface area contributed by atoms with Gasteiger partial charge < -0.3 is 10.6 Å². The van der Waals surface area contributed by atoms with E-state index in [4.69, 9.17) is 11.6 Å². The average Bonchev–Trinajstić information content (AvgIpc) is 2.31. The summed E-state index contributed by atoms with van der Waals surface area (Å²) in [4.78, 5) is 11.5. The van der Waals surface area contributed by atoms with Crippen LogP contribution in [0.25, 0.3) is 0 Å². The number of hydrogen-bond acceptors (Lipinski definition) is 2. The third kappa shape index (κ3) is 1.90. The van der Waals surface area contributed by atoms with Gasteiger partial charge in [0.1, 0.15) is 5.82 Å². The number of rotatable bonds is 0. The lowest BCUT2D eigenvalue weighted by Crippen LogP contribution is -2.22. The standard InChI is InChI=1S/C10H10ClFN2O/c1-5-4-13-8-3-7(12)6(11)2-9(8)14-10(5)15/h2-3,5,13H,4H2,1H3,(H,14,15). The molecular weight excluding hydrogens is 219 g/mol. The molecule has 0 aliphatic carbocycles. The first-order chi connectivity index (χ1) is 7.08. The number of halogens is 2. The second-order valence-corrected chi connectivity index (χ2v) is 3.99. The summed E-state index contributed by atoms with van der Waals surface area (Å²) in [6.07, 6.45) is 0. The summed E-state index contributed by atoms with van der Waals surface area (Å²) in [6.45, 7) is 2.28. The highest BCUT2D eigenvalue weighted by Crippen LogP contribution is 2.30. The number of nitrogens with one attached hydrogen (secondary N) is 2. The molecular formula is C10H10ClFN2O. The summed E-state index contributed by atoms with van der Waals surface area (Å²) in [5.41, 5.74) is 1.09. The molecule has 1 aliphatic rings. The van der Waals surface area contributed by atoms with E-state index in [1.165, 1.54) is 12.1 Å². The molecule has 0 bridgehead atoms. The first-order valence-electron chi connectivity index (χ1n) is 4.61. The second kappa shape index (κ2) is 3.70. The van der Waals surface area contributed by atoms with Crippen molar-refractivity contribution in [1.29, 1.82) is 0 Å². The molecule has 1 amide bonds. The summed E-state index contributed by atoms with van der Waals surface area (Å²) < 4.78 is 13.1. The maximum atomic E-state index is 13.1. The number of benzene rings is 1. The van der Waals surface area contributed by atoms with Crippen molar-refractivity contribution in [2.75, 3.05) is 17.2 Å². The number of fused-ring (bicyclic) bond motifs is 1. The van der Waals surface area contributed by atoms with E-state index in [1.54, 1.807) is 6.92 Å². The van der Waals surface area contributed by atoms with E-state index < -0.39 is 5.82 Å². The molecule has 1 unspecified atom stereocenters. The van der Waals surface area contributed by atoms with Crippen LogP contribution >= 0.6 is 11.6 Å². The molecule has 1 heterocycles. The molecule has 80 valence electrons. The van der Waals surface area contributed by atoms with E-state index in [1.807, 2.05) is 0 Å². The highest BCUT2D eigenvalue weighted by molar-refractivity contribution is 6.31. The SMILES string of the molecule is CC1CNc2cc(F)c(Cl)cc2NC1=O. The zero-order chi connectivity index (χ0) is 11.0. The van der Waals surface area contributed by atoms with Crippen molar-refractivity contribution in [1.82, 2.24) is 0 Å². The third-order valence-electron chi connectivity index (χ3n) is 2.36. The largest absolute Gasteiger partial charge is 0.382 e. The fourth-order valence-corrected chi connectivity index (χ4v) is 1.57. The van der Waals surface area contributed by atoms with E-state index in [2.05, 4.69) is 10.6 Å². The van der Waals surface area contributed by atoms with Crippen molar-refractivity contribution in [2.24, 2.45) is 5.92 Å². The van der Waals surface area contributed by atoms with Crippen molar-refractivity contribution in [2.45, 2.75) is 6.92 Å². The smallest absolute Gasteiger partial charge is 0.229 e. The summed E-state index contributed by atoms with van der Waals surface area (Å²) in [6, 6.07) is 2.70. The normalized spacial score (nSPS) is 19.9. The van der Waals surface area contributed by atoms with Crippen LogP contribution in [0.4, 0.5) is 15.8 Å². The van der Waals surface area contributed by atoms with E-state index >= 15 is 0 Å². The van der Waals surface area contributed by atoms with Gasteiger partial charge >= 0.3 is 0 Å². The van der Waals surface area contributed by atoms with Gasteiger partial charge in [-0.05, 0) is 6.07 Å². The molecule has 1 aromatic rings. The van der Waals surface area contributed by atoms with Gasteiger partial charge in [0.25, 0.3) is 0 Å². The Morgan fingerprint density at radius 3 is 2.93 bits per heavy atom. The van der Waals surface area contributed by atoms with Crippen molar-refractivity contribution < 1.29 is 9.18 Å². The van der Waals surface area contributed by atoms with Crippen LogP contribution in [-0.2, 0) is 4.79 Å². The summed E-state index contributed by atoms with van der Waals surface area (Å²) in [7, 11) is 0. The predicted molar refractivity (Wildman–Crippen MR) is 57.7 cm³/mol. The fourth-order valence-electron chi connectivity index (χ4n) is 1.41. The van der Waals surface area contributed by atoms with Gasteiger partial charge in [0, 0.05) is 12.6 Å². The lowest BCUT2D eigenvalue weighted by Gasteiger charge is -2.08. The minimum Gasteiger partial charge on any atom is -0.382 e. The Morgan fingerprint density at radius 2 is 2.20 bits per heavy atom. The molecule has 2 rings (SSSR count). The predicted octanol–water partition coefficient (Wildman–Crippen LogP) is 2.48. The molecule has 0 spiro atoms. The Morgan fingerprint density at radius 1 is 1.47 bits per heavy atom. The van der Waals surface area contributed by atoms with Gasteiger partial charge in [-0.25, -0.2) is 4.39 Å². The summed E-state index contributed by atoms with van der Waals surface area (Å²) in [5, 5.41) is 5.68. The van der Waals surface area contributed by atoms with Crippen molar-refractivity contribution >= 4 is 28.9 Å². The van der Waals surface area contributed by atoms with Crippen LogP contribution < -0.4 is 10.6 Å². The molecule has 1 aromatic carbocycles. The van der Waals surface area contributed by atoms with E-state index in [0.29, 0.717) is 17.9 Å². The topological polar surface area (TPSA) is 41.1 Å². The number of hydrogen-bond donors (Lipinski definition) is 2. The molecule has 0 aromatic heterocycles. The maximum Gasteiger partial charge on any atom is 0.229 e. The van der Waals surface area contributed by atoms with Crippen molar-refractivity contribution in [3.63, 3.8) is 0 Å². The summed E-state index contributed by atoms with van der Waals surface area (Å²) in [5.74, 6) is -0.741. The Labute approximate surface area is 91.6 Å². The van der Waals surface area contributed by atoms with Crippen LogP contribution in [0.2, 0.25) is 5.02 Å². The molecule has 0 fully saturated rings. The Balaban J connectivity index is 2.43. The molecule has 3 nitrogen and oxygen atoms in total. The van der Waals surface area contributed by atoms with Crippen molar-refractivity contribution in [3.05, 3.63) is 23.0 Å². The monoisotopic (exact) mass is 228 g/mol. The molecule has 0 saturated heterocycles. The van der Waals surface area contributed by atoms with Gasteiger partial charge in [0.2, 0.25) is 5.91 Å². The van der Waals surface area contributed by atoms with Gasteiger partial charge in [-0.2, -0.15) is 0 Å². The minimum atomic E-state index is -0.494. The van der Waals surface area contributed by atoms with Crippen LogP contribution in [0.5, 0.6) is 0 Å². The second-order valence-electron chi connectivity index (χ2n) is 3.58. The highest BCUT2D eigenvalue weighted by atomic mass is 35.5.